The van der Waals surface area contributed by atoms with Crippen molar-refractivity contribution in [2.24, 2.45) is 0 Å². The third-order valence-corrected chi connectivity index (χ3v) is 3.79. The van der Waals surface area contributed by atoms with Gasteiger partial charge in [-0.15, -0.1) is 0 Å². The van der Waals surface area contributed by atoms with Gasteiger partial charge in [-0.3, -0.25) is 4.90 Å². The molecule has 1 atom stereocenters. The molecule has 0 unspecified atom stereocenters. The summed E-state index contributed by atoms with van der Waals surface area (Å²) in [7, 11) is 0. The second kappa shape index (κ2) is 6.38. The van der Waals surface area contributed by atoms with Gasteiger partial charge in [-0.05, 0) is 24.1 Å². The molecule has 0 amide bonds. The van der Waals surface area contributed by atoms with Crippen LogP contribution >= 0.6 is 0 Å². The third kappa shape index (κ3) is 3.39. The standard InChI is InChI=1S/C17H18N4/c18-11-15-7-4-9-19-17(15)20-16-8-10-21(13-16)12-14-5-2-1-3-6-14/h1-7,9,16H,8,10,12-13H2,(H,19,20)/t16-/m0/s1. The highest BCUT2D eigenvalue weighted by molar-refractivity contribution is 5.51. The van der Waals surface area contributed by atoms with E-state index in [4.69, 9.17) is 5.26 Å². The second-order valence-corrected chi connectivity index (χ2v) is 5.36. The lowest BCUT2D eigenvalue weighted by Crippen LogP contribution is -2.26. The van der Waals surface area contributed by atoms with E-state index in [1.54, 1.807) is 18.3 Å². The van der Waals surface area contributed by atoms with E-state index < -0.39 is 0 Å². The number of nitrogens with zero attached hydrogens (tertiary/aromatic N) is 3. The van der Waals surface area contributed by atoms with E-state index in [2.05, 4.69) is 45.5 Å². The minimum Gasteiger partial charge on any atom is -0.365 e. The van der Waals surface area contributed by atoms with Crippen LogP contribution in [0.1, 0.15) is 17.5 Å². The largest absolute Gasteiger partial charge is 0.365 e. The molecule has 4 nitrogen and oxygen atoms in total. The van der Waals surface area contributed by atoms with Gasteiger partial charge in [0.1, 0.15) is 11.9 Å². The van der Waals surface area contributed by atoms with Gasteiger partial charge >= 0.3 is 0 Å². The number of rotatable bonds is 4. The summed E-state index contributed by atoms with van der Waals surface area (Å²) in [4.78, 5) is 6.70. The second-order valence-electron chi connectivity index (χ2n) is 5.36. The summed E-state index contributed by atoms with van der Waals surface area (Å²) in [6, 6.07) is 16.6. The summed E-state index contributed by atoms with van der Waals surface area (Å²) >= 11 is 0. The van der Waals surface area contributed by atoms with Gasteiger partial charge < -0.3 is 5.32 Å². The van der Waals surface area contributed by atoms with Crippen molar-refractivity contribution in [3.63, 3.8) is 0 Å². The zero-order valence-corrected chi connectivity index (χ0v) is 11.9. The predicted octanol–water partition coefficient (Wildman–Crippen LogP) is 2.64. The van der Waals surface area contributed by atoms with E-state index in [0.717, 1.165) is 26.1 Å². The van der Waals surface area contributed by atoms with E-state index in [1.807, 2.05) is 6.07 Å². The molecular formula is C17H18N4. The normalized spacial score (nSPS) is 18.3. The molecule has 0 aliphatic carbocycles. The maximum absolute atomic E-state index is 9.10. The van der Waals surface area contributed by atoms with Crippen LogP contribution in [0.5, 0.6) is 0 Å². The fourth-order valence-corrected chi connectivity index (χ4v) is 2.74. The van der Waals surface area contributed by atoms with Crippen LogP contribution in [0, 0.1) is 11.3 Å². The molecule has 2 aromatic rings. The lowest BCUT2D eigenvalue weighted by atomic mass is 10.2. The van der Waals surface area contributed by atoms with Crippen LogP contribution in [-0.2, 0) is 6.54 Å². The fraction of sp³-hybridized carbons (Fsp3) is 0.294. The molecule has 1 aromatic heterocycles. The number of hydrogen-bond donors (Lipinski definition) is 1. The van der Waals surface area contributed by atoms with E-state index in [-0.39, 0.29) is 0 Å². The van der Waals surface area contributed by atoms with Crippen LogP contribution in [0.2, 0.25) is 0 Å². The molecule has 3 rings (SSSR count). The van der Waals surface area contributed by atoms with Gasteiger partial charge in [-0.1, -0.05) is 30.3 Å². The average molecular weight is 278 g/mol. The Balaban J connectivity index is 1.59. The highest BCUT2D eigenvalue weighted by atomic mass is 15.2. The van der Waals surface area contributed by atoms with Crippen molar-refractivity contribution in [3.05, 3.63) is 59.8 Å². The molecule has 0 saturated carbocycles. The van der Waals surface area contributed by atoms with Gasteiger partial charge in [-0.2, -0.15) is 5.26 Å². The predicted molar refractivity (Wildman–Crippen MR) is 82.7 cm³/mol. The SMILES string of the molecule is N#Cc1cccnc1N[C@H]1CCN(Cc2ccccc2)C1. The molecule has 0 radical (unpaired) electrons. The monoisotopic (exact) mass is 278 g/mol. The molecule has 2 heterocycles. The smallest absolute Gasteiger partial charge is 0.144 e. The van der Waals surface area contributed by atoms with Gasteiger partial charge in [0.25, 0.3) is 0 Å². The number of nitrogens with one attached hydrogen (secondary N) is 1. The molecule has 1 aliphatic heterocycles. The molecule has 1 fully saturated rings. The summed E-state index contributed by atoms with van der Waals surface area (Å²) < 4.78 is 0. The number of benzene rings is 1. The molecule has 4 heteroatoms. The molecule has 0 spiro atoms. The first-order chi connectivity index (χ1) is 10.3. The number of aromatic nitrogens is 1. The van der Waals surface area contributed by atoms with Gasteiger partial charge in [0.15, 0.2) is 0 Å². The van der Waals surface area contributed by atoms with E-state index in [9.17, 15) is 0 Å². The van der Waals surface area contributed by atoms with Crippen molar-refractivity contribution < 1.29 is 0 Å². The first-order valence-electron chi connectivity index (χ1n) is 7.23. The van der Waals surface area contributed by atoms with Crippen LogP contribution in [0.15, 0.2) is 48.7 Å². The maximum atomic E-state index is 9.10. The van der Waals surface area contributed by atoms with Crippen LogP contribution < -0.4 is 5.32 Å². The van der Waals surface area contributed by atoms with Crippen LogP contribution in [-0.4, -0.2) is 29.0 Å². The summed E-state index contributed by atoms with van der Waals surface area (Å²) in [5, 5.41) is 12.5. The van der Waals surface area contributed by atoms with Crippen LogP contribution in [0.3, 0.4) is 0 Å². The van der Waals surface area contributed by atoms with Crippen LogP contribution in [0.25, 0.3) is 0 Å². The molecule has 106 valence electrons. The Labute approximate surface area is 125 Å². The minimum absolute atomic E-state index is 0.357. The number of hydrogen-bond acceptors (Lipinski definition) is 4. The molecular weight excluding hydrogens is 260 g/mol. The Morgan fingerprint density at radius 3 is 2.90 bits per heavy atom. The first kappa shape index (κ1) is 13.6. The molecule has 1 N–H and O–H groups in total. The van der Waals surface area contributed by atoms with Crippen molar-refractivity contribution in [2.75, 3.05) is 18.4 Å². The summed E-state index contributed by atoms with van der Waals surface area (Å²) in [5.74, 6) is 0.701. The van der Waals surface area contributed by atoms with Crippen molar-refractivity contribution in [1.82, 2.24) is 9.88 Å². The summed E-state index contributed by atoms with van der Waals surface area (Å²) in [6.07, 6.45) is 2.80. The van der Waals surface area contributed by atoms with Crippen molar-refractivity contribution in [3.8, 4) is 6.07 Å². The van der Waals surface area contributed by atoms with Crippen molar-refractivity contribution >= 4 is 5.82 Å². The fourth-order valence-electron chi connectivity index (χ4n) is 2.74. The number of anilines is 1. The number of nitriles is 1. The number of likely N-dealkylation sites (tertiary alicyclic amines) is 1. The quantitative estimate of drug-likeness (QED) is 0.934. The van der Waals surface area contributed by atoms with Crippen LogP contribution in [0.4, 0.5) is 5.82 Å². The Bertz CT molecular complexity index is 633. The summed E-state index contributed by atoms with van der Waals surface area (Å²) in [5.41, 5.74) is 1.95. The highest BCUT2D eigenvalue weighted by Gasteiger charge is 2.23. The first-order valence-corrected chi connectivity index (χ1v) is 7.23. The van der Waals surface area contributed by atoms with Crippen molar-refractivity contribution in [2.45, 2.75) is 19.0 Å². The van der Waals surface area contributed by atoms with E-state index in [1.165, 1.54) is 5.56 Å². The minimum atomic E-state index is 0.357. The van der Waals surface area contributed by atoms with Gasteiger partial charge in [-0.25, -0.2) is 4.98 Å². The van der Waals surface area contributed by atoms with Gasteiger partial charge in [0, 0.05) is 31.9 Å². The summed E-state index contributed by atoms with van der Waals surface area (Å²) in [6.45, 7) is 3.03. The van der Waals surface area contributed by atoms with Gasteiger partial charge in [0.05, 0.1) is 5.56 Å². The lowest BCUT2D eigenvalue weighted by Gasteiger charge is -2.17. The number of pyridine rings is 1. The zero-order valence-electron chi connectivity index (χ0n) is 11.9. The van der Waals surface area contributed by atoms with E-state index >= 15 is 0 Å². The Morgan fingerprint density at radius 2 is 2.10 bits per heavy atom. The molecule has 1 saturated heterocycles. The molecule has 1 aliphatic rings. The molecule has 0 bridgehead atoms. The maximum Gasteiger partial charge on any atom is 0.144 e. The Kier molecular flexibility index (Phi) is 4.13. The Morgan fingerprint density at radius 1 is 1.24 bits per heavy atom. The average Bonchev–Trinajstić information content (AvgIpc) is 2.96. The third-order valence-electron chi connectivity index (χ3n) is 3.79. The topological polar surface area (TPSA) is 52.0 Å². The molecule has 21 heavy (non-hydrogen) atoms. The molecule has 1 aromatic carbocycles. The highest BCUT2D eigenvalue weighted by Crippen LogP contribution is 2.18. The zero-order chi connectivity index (χ0) is 14.5. The lowest BCUT2D eigenvalue weighted by molar-refractivity contribution is 0.328. The van der Waals surface area contributed by atoms with E-state index in [0.29, 0.717) is 17.4 Å². The van der Waals surface area contributed by atoms with Crippen molar-refractivity contribution in [1.29, 1.82) is 5.26 Å². The Hall–Kier alpha value is -2.38. The van der Waals surface area contributed by atoms with Gasteiger partial charge in [0.2, 0.25) is 0 Å².